The number of hydrogen-bond acceptors (Lipinski definition) is 5. The van der Waals surface area contributed by atoms with Gasteiger partial charge in [-0.05, 0) is 50.7 Å². The number of rotatable bonds is 6. The third-order valence-corrected chi connectivity index (χ3v) is 4.34. The third kappa shape index (κ3) is 3.75. The molecular weight excluding hydrogens is 330 g/mol. The lowest BCUT2D eigenvalue weighted by Crippen LogP contribution is -2.31. The Morgan fingerprint density at radius 3 is 2.85 bits per heavy atom. The molecule has 0 aliphatic rings. The minimum atomic E-state index is -0.416. The molecule has 6 heteroatoms. The Morgan fingerprint density at radius 1 is 1.31 bits per heavy atom. The lowest BCUT2D eigenvalue weighted by Gasteiger charge is -2.15. The number of hydrogen-bond donors (Lipinski definition) is 1. The second-order valence-electron chi connectivity index (χ2n) is 6.57. The summed E-state index contributed by atoms with van der Waals surface area (Å²) >= 11 is 0. The molecule has 26 heavy (non-hydrogen) atoms. The molecule has 0 fully saturated rings. The van der Waals surface area contributed by atoms with E-state index in [1.165, 1.54) is 0 Å². The van der Waals surface area contributed by atoms with Crippen molar-refractivity contribution in [3.8, 4) is 0 Å². The Kier molecular flexibility index (Phi) is 5.32. The summed E-state index contributed by atoms with van der Waals surface area (Å²) in [4.78, 5) is 31.1. The summed E-state index contributed by atoms with van der Waals surface area (Å²) in [5.74, 6) is 0.321. The lowest BCUT2D eigenvalue weighted by atomic mass is 10.1. The smallest absolute Gasteiger partial charge is 0.346 e. The van der Waals surface area contributed by atoms with Crippen molar-refractivity contribution >= 4 is 33.6 Å². The van der Waals surface area contributed by atoms with Gasteiger partial charge < -0.3 is 9.73 Å². The van der Waals surface area contributed by atoms with Crippen LogP contribution in [0.5, 0.6) is 0 Å². The van der Waals surface area contributed by atoms with Gasteiger partial charge in [0, 0.05) is 5.39 Å². The summed E-state index contributed by atoms with van der Waals surface area (Å²) in [6, 6.07) is 8.98. The zero-order chi connectivity index (χ0) is 18.7. The van der Waals surface area contributed by atoms with Crippen LogP contribution in [0.3, 0.4) is 0 Å². The first-order valence-electron chi connectivity index (χ1n) is 8.81. The van der Waals surface area contributed by atoms with Crippen molar-refractivity contribution < 1.29 is 9.21 Å². The van der Waals surface area contributed by atoms with E-state index >= 15 is 0 Å². The largest absolute Gasteiger partial charge is 0.422 e. The number of nitrogens with zero attached hydrogens (tertiary/aromatic N) is 2. The number of carbonyl (C=O) groups is 1. The van der Waals surface area contributed by atoms with Crippen molar-refractivity contribution in [3.63, 3.8) is 0 Å². The van der Waals surface area contributed by atoms with Gasteiger partial charge in [-0.15, -0.1) is 0 Å². The first kappa shape index (κ1) is 18.1. The quantitative estimate of drug-likeness (QED) is 0.543. The maximum atomic E-state index is 12.3. The van der Waals surface area contributed by atoms with Gasteiger partial charge in [-0.2, -0.15) is 0 Å². The second-order valence-corrected chi connectivity index (χ2v) is 6.57. The monoisotopic (exact) mass is 353 g/mol. The van der Waals surface area contributed by atoms with Crippen LogP contribution in [0.25, 0.3) is 21.9 Å². The van der Waals surface area contributed by atoms with E-state index in [9.17, 15) is 9.59 Å². The molecule has 0 saturated carbocycles. The molecule has 0 atom stereocenters. The molecule has 3 aromatic rings. The van der Waals surface area contributed by atoms with E-state index in [4.69, 9.17) is 4.42 Å². The summed E-state index contributed by atoms with van der Waals surface area (Å²) in [6.45, 7) is 5.12. The Balaban J connectivity index is 1.94. The van der Waals surface area contributed by atoms with Gasteiger partial charge in [-0.25, -0.2) is 9.78 Å². The number of aryl methyl sites for hydroxylation is 1. The molecule has 0 aliphatic carbocycles. The molecule has 0 aliphatic heterocycles. The van der Waals surface area contributed by atoms with Crippen LogP contribution in [0, 0.1) is 6.92 Å². The van der Waals surface area contributed by atoms with E-state index in [0.29, 0.717) is 28.8 Å². The molecule has 1 aromatic carbocycles. The van der Waals surface area contributed by atoms with E-state index in [2.05, 4.69) is 17.2 Å². The molecule has 0 saturated heterocycles. The molecule has 0 spiro atoms. The molecule has 1 amide bonds. The number of anilines is 1. The van der Waals surface area contributed by atoms with Gasteiger partial charge in [0.05, 0.1) is 17.4 Å². The summed E-state index contributed by atoms with van der Waals surface area (Å²) in [5.41, 5.74) is 1.34. The molecule has 3 rings (SSSR count). The summed E-state index contributed by atoms with van der Waals surface area (Å²) < 4.78 is 5.38. The number of nitrogens with one attached hydrogen (secondary N) is 1. The summed E-state index contributed by atoms with van der Waals surface area (Å²) in [6.07, 6.45) is 2.14. The first-order chi connectivity index (χ1) is 12.5. The predicted octanol–water partition coefficient (Wildman–Crippen LogP) is 3.32. The standard InChI is InChI=1S/C20H23N3O3/c1-4-5-10-23(3)12-17(24)21-16-11-13(2)18-19(22-16)14-8-6-7-9-15(14)26-20(18)25/h6-9,11H,4-5,10,12H2,1-3H3,(H,21,22,24). The minimum Gasteiger partial charge on any atom is -0.422 e. The van der Waals surface area contributed by atoms with Gasteiger partial charge in [0.15, 0.2) is 0 Å². The van der Waals surface area contributed by atoms with Gasteiger partial charge in [-0.1, -0.05) is 25.5 Å². The fourth-order valence-electron chi connectivity index (χ4n) is 3.03. The van der Waals surface area contributed by atoms with Gasteiger partial charge in [0.25, 0.3) is 0 Å². The average molecular weight is 353 g/mol. The van der Waals surface area contributed by atoms with Crippen LogP contribution in [0.4, 0.5) is 5.82 Å². The van der Waals surface area contributed by atoms with Crippen molar-refractivity contribution in [2.75, 3.05) is 25.5 Å². The van der Waals surface area contributed by atoms with Crippen LogP contribution < -0.4 is 10.9 Å². The van der Waals surface area contributed by atoms with Crippen LogP contribution in [0.15, 0.2) is 39.5 Å². The van der Waals surface area contributed by atoms with E-state index in [0.717, 1.165) is 30.3 Å². The molecule has 0 bridgehead atoms. The lowest BCUT2D eigenvalue weighted by molar-refractivity contribution is -0.117. The molecule has 6 nitrogen and oxygen atoms in total. The maximum absolute atomic E-state index is 12.3. The van der Waals surface area contributed by atoms with Gasteiger partial charge in [0.2, 0.25) is 5.91 Å². The van der Waals surface area contributed by atoms with Crippen molar-refractivity contribution in [2.45, 2.75) is 26.7 Å². The van der Waals surface area contributed by atoms with Crippen molar-refractivity contribution in [1.29, 1.82) is 0 Å². The number of amides is 1. The van der Waals surface area contributed by atoms with Gasteiger partial charge in [0.1, 0.15) is 11.4 Å². The topological polar surface area (TPSA) is 75.4 Å². The second kappa shape index (κ2) is 7.66. The predicted molar refractivity (Wildman–Crippen MR) is 104 cm³/mol. The van der Waals surface area contributed by atoms with Crippen molar-refractivity contribution in [2.24, 2.45) is 0 Å². The van der Waals surface area contributed by atoms with Crippen molar-refractivity contribution in [1.82, 2.24) is 9.88 Å². The van der Waals surface area contributed by atoms with E-state index in [1.807, 2.05) is 37.1 Å². The Labute approximate surface area is 151 Å². The number of carbonyl (C=O) groups excluding carboxylic acids is 1. The van der Waals surface area contributed by atoms with Crippen LogP contribution in [-0.4, -0.2) is 35.9 Å². The Bertz CT molecular complexity index is 1010. The van der Waals surface area contributed by atoms with Crippen LogP contribution in [0.1, 0.15) is 25.3 Å². The van der Waals surface area contributed by atoms with Crippen molar-refractivity contribution in [3.05, 3.63) is 46.3 Å². The highest BCUT2D eigenvalue weighted by molar-refractivity contribution is 6.04. The highest BCUT2D eigenvalue weighted by Gasteiger charge is 2.14. The molecule has 0 unspecified atom stereocenters. The third-order valence-electron chi connectivity index (χ3n) is 4.34. The number of aromatic nitrogens is 1. The number of fused-ring (bicyclic) bond motifs is 3. The molecule has 136 valence electrons. The number of para-hydroxylation sites is 1. The van der Waals surface area contributed by atoms with E-state index in [-0.39, 0.29) is 5.91 Å². The minimum absolute atomic E-state index is 0.123. The number of pyridine rings is 1. The SMILES string of the molecule is CCCCN(C)CC(=O)Nc1cc(C)c2c(=O)oc3ccccc3c2n1. The number of unbranched alkanes of at least 4 members (excludes halogenated alkanes) is 1. The zero-order valence-corrected chi connectivity index (χ0v) is 15.3. The summed E-state index contributed by atoms with van der Waals surface area (Å²) in [7, 11) is 1.92. The number of benzene rings is 1. The normalized spacial score (nSPS) is 11.4. The van der Waals surface area contributed by atoms with Crippen LogP contribution in [0.2, 0.25) is 0 Å². The van der Waals surface area contributed by atoms with E-state index in [1.54, 1.807) is 12.1 Å². The molecular formula is C20H23N3O3. The average Bonchev–Trinajstić information content (AvgIpc) is 2.59. The molecule has 2 heterocycles. The molecule has 0 radical (unpaired) electrons. The fourth-order valence-corrected chi connectivity index (χ4v) is 3.03. The van der Waals surface area contributed by atoms with Crippen LogP contribution >= 0.6 is 0 Å². The van der Waals surface area contributed by atoms with Gasteiger partial charge in [-0.3, -0.25) is 9.69 Å². The van der Waals surface area contributed by atoms with E-state index < -0.39 is 5.63 Å². The molecule has 2 aromatic heterocycles. The Morgan fingerprint density at radius 2 is 2.08 bits per heavy atom. The highest BCUT2D eigenvalue weighted by Crippen LogP contribution is 2.25. The van der Waals surface area contributed by atoms with Gasteiger partial charge >= 0.3 is 5.63 Å². The highest BCUT2D eigenvalue weighted by atomic mass is 16.4. The fraction of sp³-hybridized carbons (Fsp3) is 0.350. The van der Waals surface area contributed by atoms with Crippen LogP contribution in [-0.2, 0) is 4.79 Å². The number of likely N-dealkylation sites (N-methyl/N-ethyl adjacent to an activating group) is 1. The Hall–Kier alpha value is -2.73. The molecule has 1 N–H and O–H groups in total. The maximum Gasteiger partial charge on any atom is 0.346 e. The summed E-state index contributed by atoms with van der Waals surface area (Å²) in [5, 5.41) is 4.04. The zero-order valence-electron chi connectivity index (χ0n) is 15.3. The first-order valence-corrected chi connectivity index (χ1v) is 8.81.